The summed E-state index contributed by atoms with van der Waals surface area (Å²) >= 11 is 1.84. The minimum Gasteiger partial charge on any atom is -0.481 e. The third kappa shape index (κ3) is 5.29. The quantitative estimate of drug-likeness (QED) is 0.463. The molecule has 0 aliphatic carbocycles. The molecule has 8 heteroatoms. The number of fused-ring (bicyclic) bond motifs is 1. The molecule has 2 aliphatic heterocycles. The predicted molar refractivity (Wildman–Crippen MR) is 151 cm³/mol. The van der Waals surface area contributed by atoms with Gasteiger partial charge in [-0.2, -0.15) is 0 Å². The molecule has 5 heterocycles. The topological polar surface area (TPSA) is 78.5 Å². The SMILES string of the molecule is COc1cc(CN2CCC(C(C)c3sc4c(c3C)C(=O)N(Cc3c(C)cc(C)[nH]c3=O)CC4)CC2)ccn1. The number of rotatable bonds is 7. The van der Waals surface area contributed by atoms with Crippen molar-refractivity contribution in [2.24, 2.45) is 5.92 Å². The Hall–Kier alpha value is -2.97. The number of hydrogen-bond acceptors (Lipinski definition) is 6. The Bertz CT molecular complexity index is 1390. The molecular formula is C30H38N4O3S. The minimum atomic E-state index is -0.0909. The normalized spacial score (nSPS) is 17.5. The van der Waals surface area contributed by atoms with E-state index >= 15 is 0 Å². The van der Waals surface area contributed by atoms with Crippen molar-refractivity contribution < 1.29 is 9.53 Å². The van der Waals surface area contributed by atoms with Gasteiger partial charge in [0.1, 0.15) is 0 Å². The summed E-state index contributed by atoms with van der Waals surface area (Å²) in [4.78, 5) is 40.2. The summed E-state index contributed by atoms with van der Waals surface area (Å²) in [6.07, 6.45) is 4.98. The Kier molecular flexibility index (Phi) is 7.73. The van der Waals surface area contributed by atoms with Crippen LogP contribution in [-0.4, -0.2) is 52.4 Å². The highest BCUT2D eigenvalue weighted by molar-refractivity contribution is 7.12. The summed E-state index contributed by atoms with van der Waals surface area (Å²) in [5.74, 6) is 1.77. The molecule has 7 nitrogen and oxygen atoms in total. The molecule has 1 amide bonds. The van der Waals surface area contributed by atoms with E-state index in [2.05, 4.69) is 34.8 Å². The monoisotopic (exact) mass is 534 g/mol. The van der Waals surface area contributed by atoms with Crippen molar-refractivity contribution in [1.29, 1.82) is 0 Å². The van der Waals surface area contributed by atoms with Crippen molar-refractivity contribution in [3.63, 3.8) is 0 Å². The highest BCUT2D eigenvalue weighted by Crippen LogP contribution is 2.42. The molecule has 1 N–H and O–H groups in total. The lowest BCUT2D eigenvalue weighted by atomic mass is 9.83. The number of amides is 1. The second-order valence-electron chi connectivity index (χ2n) is 10.9. The predicted octanol–water partition coefficient (Wildman–Crippen LogP) is 4.98. The van der Waals surface area contributed by atoms with Crippen LogP contribution in [-0.2, 0) is 19.5 Å². The maximum Gasteiger partial charge on any atom is 0.255 e. The second-order valence-corrected chi connectivity index (χ2v) is 12.1. The molecule has 2 aliphatic rings. The number of thiophene rings is 1. The first-order valence-corrected chi connectivity index (χ1v) is 14.4. The molecule has 1 unspecified atom stereocenters. The summed E-state index contributed by atoms with van der Waals surface area (Å²) in [5.41, 5.74) is 5.64. The number of ether oxygens (including phenoxy) is 1. The number of carbonyl (C=O) groups is 1. The molecule has 38 heavy (non-hydrogen) atoms. The lowest BCUT2D eigenvalue weighted by Gasteiger charge is -2.35. The largest absolute Gasteiger partial charge is 0.481 e. The lowest BCUT2D eigenvalue weighted by molar-refractivity contribution is 0.0727. The van der Waals surface area contributed by atoms with E-state index < -0.39 is 0 Å². The van der Waals surface area contributed by atoms with Gasteiger partial charge >= 0.3 is 0 Å². The van der Waals surface area contributed by atoms with Gasteiger partial charge in [0, 0.05) is 52.8 Å². The molecule has 1 fully saturated rings. The first kappa shape index (κ1) is 26.6. The number of nitrogens with zero attached hydrogens (tertiary/aromatic N) is 3. The zero-order chi connectivity index (χ0) is 27.0. The molecule has 1 atom stereocenters. The number of aromatic nitrogens is 2. The van der Waals surface area contributed by atoms with Crippen molar-refractivity contribution in [2.75, 3.05) is 26.7 Å². The molecule has 0 radical (unpaired) electrons. The number of piperidine rings is 1. The number of nitrogens with one attached hydrogen (secondary N) is 1. The molecule has 0 bridgehead atoms. The standard InChI is InChI=1S/C30H38N4O3S/c1-18-14-19(2)32-29(35)24(18)17-34-13-9-25-27(30(34)36)21(4)28(38-25)20(3)23-7-11-33(12-8-23)16-22-6-10-31-26(15-22)37-5/h6,10,14-15,20,23H,7-9,11-13,16-17H2,1-5H3,(H,32,35). The van der Waals surface area contributed by atoms with Crippen molar-refractivity contribution in [2.45, 2.75) is 66.0 Å². The third-order valence-corrected chi connectivity index (χ3v) is 9.93. The molecule has 0 spiro atoms. The first-order chi connectivity index (χ1) is 18.2. The highest BCUT2D eigenvalue weighted by atomic mass is 32.1. The number of aryl methyl sites for hydroxylation is 2. The molecule has 0 saturated carbocycles. The van der Waals surface area contributed by atoms with Crippen LogP contribution in [0.2, 0.25) is 0 Å². The fourth-order valence-electron chi connectivity index (χ4n) is 6.14. The van der Waals surface area contributed by atoms with Gasteiger partial charge in [-0.05, 0) is 87.4 Å². The molecule has 0 aromatic carbocycles. The van der Waals surface area contributed by atoms with Gasteiger partial charge in [-0.3, -0.25) is 14.5 Å². The Morgan fingerprint density at radius 1 is 1.13 bits per heavy atom. The van der Waals surface area contributed by atoms with E-state index in [0.717, 1.165) is 61.3 Å². The van der Waals surface area contributed by atoms with Gasteiger partial charge in [0.25, 0.3) is 11.5 Å². The molecule has 3 aromatic rings. The van der Waals surface area contributed by atoms with Gasteiger partial charge in [0.15, 0.2) is 0 Å². The number of carbonyl (C=O) groups excluding carboxylic acids is 1. The summed E-state index contributed by atoms with van der Waals surface area (Å²) in [7, 11) is 1.65. The van der Waals surface area contributed by atoms with Crippen LogP contribution in [0.15, 0.2) is 29.2 Å². The fourth-order valence-corrected chi connectivity index (χ4v) is 7.58. The van der Waals surface area contributed by atoms with Crippen molar-refractivity contribution in [3.05, 3.63) is 78.0 Å². The number of likely N-dealkylation sites (tertiary alicyclic amines) is 1. The van der Waals surface area contributed by atoms with Crippen LogP contribution in [0.25, 0.3) is 0 Å². The molecule has 1 saturated heterocycles. The average Bonchev–Trinajstić information content (AvgIpc) is 3.24. The number of hydrogen-bond donors (Lipinski definition) is 1. The van der Waals surface area contributed by atoms with Crippen LogP contribution in [0.5, 0.6) is 5.88 Å². The Labute approximate surface area is 228 Å². The summed E-state index contributed by atoms with van der Waals surface area (Å²) in [6.45, 7) is 12.4. The maximum atomic E-state index is 13.6. The van der Waals surface area contributed by atoms with Gasteiger partial charge in [0.2, 0.25) is 5.88 Å². The van der Waals surface area contributed by atoms with Crippen molar-refractivity contribution >= 4 is 17.2 Å². The summed E-state index contributed by atoms with van der Waals surface area (Å²) < 4.78 is 5.27. The molecule has 3 aromatic heterocycles. The van der Waals surface area contributed by atoms with Crippen molar-refractivity contribution in [1.82, 2.24) is 19.8 Å². The van der Waals surface area contributed by atoms with E-state index in [1.807, 2.05) is 48.4 Å². The Morgan fingerprint density at radius 2 is 1.89 bits per heavy atom. The zero-order valence-electron chi connectivity index (χ0n) is 23.1. The van der Waals surface area contributed by atoms with Gasteiger partial charge in [-0.1, -0.05) is 6.92 Å². The van der Waals surface area contributed by atoms with Gasteiger partial charge in [-0.25, -0.2) is 4.98 Å². The van der Waals surface area contributed by atoms with Crippen LogP contribution < -0.4 is 10.3 Å². The number of aromatic amines is 1. The van der Waals surface area contributed by atoms with E-state index in [0.29, 0.717) is 36.4 Å². The van der Waals surface area contributed by atoms with Crippen LogP contribution >= 0.6 is 11.3 Å². The van der Waals surface area contributed by atoms with Gasteiger partial charge in [-0.15, -0.1) is 11.3 Å². The zero-order valence-corrected chi connectivity index (χ0v) is 23.9. The summed E-state index contributed by atoms with van der Waals surface area (Å²) in [6, 6.07) is 6.06. The van der Waals surface area contributed by atoms with Crippen LogP contribution in [0, 0.1) is 26.7 Å². The van der Waals surface area contributed by atoms with E-state index in [1.54, 1.807) is 7.11 Å². The summed E-state index contributed by atoms with van der Waals surface area (Å²) in [5, 5.41) is 0. The van der Waals surface area contributed by atoms with Crippen molar-refractivity contribution in [3.8, 4) is 5.88 Å². The van der Waals surface area contributed by atoms with Gasteiger partial charge < -0.3 is 14.6 Å². The minimum absolute atomic E-state index is 0.0698. The van der Waals surface area contributed by atoms with E-state index in [9.17, 15) is 9.59 Å². The smallest absolute Gasteiger partial charge is 0.255 e. The number of H-pyrrole nitrogens is 1. The van der Waals surface area contributed by atoms with Gasteiger partial charge in [0.05, 0.1) is 19.2 Å². The molecular weight excluding hydrogens is 496 g/mol. The first-order valence-electron chi connectivity index (χ1n) is 13.6. The Balaban J connectivity index is 1.25. The third-order valence-electron chi connectivity index (χ3n) is 8.38. The molecule has 202 valence electrons. The fraction of sp³-hybridized carbons (Fsp3) is 0.500. The lowest BCUT2D eigenvalue weighted by Crippen LogP contribution is -2.38. The average molecular weight is 535 g/mol. The Morgan fingerprint density at radius 3 is 2.61 bits per heavy atom. The number of pyridine rings is 2. The van der Waals surface area contributed by atoms with E-state index in [4.69, 9.17) is 4.74 Å². The molecule has 5 rings (SSSR count). The highest BCUT2D eigenvalue weighted by Gasteiger charge is 2.34. The maximum absolute atomic E-state index is 13.6. The van der Waals surface area contributed by atoms with Crippen LogP contribution in [0.4, 0.5) is 0 Å². The van der Waals surface area contributed by atoms with E-state index in [-0.39, 0.29) is 11.5 Å². The van der Waals surface area contributed by atoms with E-state index in [1.165, 1.54) is 15.3 Å². The second kappa shape index (κ2) is 11.0. The van der Waals surface area contributed by atoms with Crippen LogP contribution in [0.1, 0.15) is 73.7 Å². The van der Waals surface area contributed by atoms with Crippen LogP contribution in [0.3, 0.4) is 0 Å². The number of methoxy groups -OCH3 is 1.